The molecule has 1 saturated heterocycles. The Morgan fingerprint density at radius 1 is 1.52 bits per heavy atom. The summed E-state index contributed by atoms with van der Waals surface area (Å²) < 4.78 is 11.3. The predicted octanol–water partition coefficient (Wildman–Crippen LogP) is 2.69. The van der Waals surface area contributed by atoms with Gasteiger partial charge < -0.3 is 14.8 Å². The molecule has 0 spiro atoms. The third-order valence-corrected chi connectivity index (χ3v) is 3.28. The van der Waals surface area contributed by atoms with Crippen molar-refractivity contribution in [3.8, 4) is 0 Å². The molecule has 0 aromatic rings. The Morgan fingerprint density at radius 2 is 2.14 bits per heavy atom. The summed E-state index contributed by atoms with van der Waals surface area (Å²) in [6.45, 7) is 17.9. The molecule has 1 rings (SSSR count). The predicted molar refractivity (Wildman–Crippen MR) is 84.1 cm³/mol. The molecule has 21 heavy (non-hydrogen) atoms. The number of hydrogen-bond donors (Lipinski definition) is 1. The van der Waals surface area contributed by atoms with E-state index in [1.807, 2.05) is 34.6 Å². The third kappa shape index (κ3) is 4.58. The lowest BCUT2D eigenvalue weighted by atomic mass is 10.1. The molecule has 0 aliphatic carbocycles. The van der Waals surface area contributed by atoms with Crippen molar-refractivity contribution in [1.29, 1.82) is 0 Å². The van der Waals surface area contributed by atoms with Crippen molar-refractivity contribution < 1.29 is 14.3 Å². The van der Waals surface area contributed by atoms with E-state index < -0.39 is 11.3 Å². The largest absolute Gasteiger partial charge is 0.444 e. The van der Waals surface area contributed by atoms with Crippen molar-refractivity contribution in [2.45, 2.75) is 58.0 Å². The quantitative estimate of drug-likeness (QED) is 0.793. The molecule has 1 fully saturated rings. The Kier molecular flexibility index (Phi) is 5.59. The maximum absolute atomic E-state index is 12.5. The molecule has 0 unspecified atom stereocenters. The minimum atomic E-state index is -0.704. The normalized spacial score (nSPS) is 22.7. The molecule has 1 heterocycles. The summed E-state index contributed by atoms with van der Waals surface area (Å²) in [5.41, 5.74) is -1.25. The van der Waals surface area contributed by atoms with Crippen LogP contribution in [0.5, 0.6) is 0 Å². The number of amides is 1. The number of ether oxygens (including phenoxy) is 2. The minimum Gasteiger partial charge on any atom is -0.444 e. The highest BCUT2D eigenvalue weighted by atomic mass is 16.6. The van der Waals surface area contributed by atoms with Crippen molar-refractivity contribution in [1.82, 2.24) is 10.2 Å². The van der Waals surface area contributed by atoms with Gasteiger partial charge >= 0.3 is 6.09 Å². The minimum absolute atomic E-state index is 0.0858. The number of carbonyl (C=O) groups is 1. The second-order valence-electron chi connectivity index (χ2n) is 6.63. The number of nitrogens with one attached hydrogen (secondary N) is 1. The molecule has 5 heteroatoms. The van der Waals surface area contributed by atoms with Gasteiger partial charge in [-0.3, -0.25) is 4.90 Å². The van der Waals surface area contributed by atoms with Crippen LogP contribution in [-0.2, 0) is 9.47 Å². The fourth-order valence-corrected chi connectivity index (χ4v) is 2.36. The zero-order chi connectivity index (χ0) is 16.3. The van der Waals surface area contributed by atoms with E-state index in [1.54, 1.807) is 17.1 Å². The summed E-state index contributed by atoms with van der Waals surface area (Å²) in [6, 6.07) is -0.246. The van der Waals surface area contributed by atoms with Crippen molar-refractivity contribution in [3.63, 3.8) is 0 Å². The highest BCUT2D eigenvalue weighted by Gasteiger charge is 2.47. The van der Waals surface area contributed by atoms with E-state index >= 15 is 0 Å². The zero-order valence-corrected chi connectivity index (χ0v) is 13.8. The molecule has 0 radical (unpaired) electrons. The fraction of sp³-hybridized carbons (Fsp3) is 0.688. The van der Waals surface area contributed by atoms with Crippen molar-refractivity contribution >= 4 is 6.09 Å². The van der Waals surface area contributed by atoms with Crippen LogP contribution < -0.4 is 5.32 Å². The van der Waals surface area contributed by atoms with Crippen LogP contribution in [0.2, 0.25) is 0 Å². The van der Waals surface area contributed by atoms with Crippen LogP contribution in [0.15, 0.2) is 25.3 Å². The van der Waals surface area contributed by atoms with Crippen LogP contribution in [0.1, 0.15) is 34.6 Å². The molecule has 1 aliphatic rings. The van der Waals surface area contributed by atoms with Crippen LogP contribution >= 0.6 is 0 Å². The number of rotatable bonds is 5. The summed E-state index contributed by atoms with van der Waals surface area (Å²) in [4.78, 5) is 14.2. The van der Waals surface area contributed by atoms with E-state index in [1.165, 1.54) is 0 Å². The summed E-state index contributed by atoms with van der Waals surface area (Å²) in [7, 11) is 0. The van der Waals surface area contributed by atoms with Crippen molar-refractivity contribution in [3.05, 3.63) is 25.3 Å². The smallest absolute Gasteiger partial charge is 0.412 e. The number of nitrogens with zero attached hydrogens (tertiary/aromatic N) is 1. The molecule has 2 atom stereocenters. The van der Waals surface area contributed by atoms with Gasteiger partial charge in [-0.05, 0) is 34.6 Å². The molecule has 5 nitrogen and oxygen atoms in total. The molecule has 1 aliphatic heterocycles. The molecule has 0 saturated carbocycles. The summed E-state index contributed by atoms with van der Waals surface area (Å²) in [6.07, 6.45) is 3.19. The average Bonchev–Trinajstić information content (AvgIpc) is 2.64. The lowest BCUT2D eigenvalue weighted by Crippen LogP contribution is -2.55. The molecule has 0 aromatic heterocycles. The molecular formula is C16H28N2O3. The Morgan fingerprint density at radius 3 is 2.62 bits per heavy atom. The number of carbonyl (C=O) groups excluding carboxylic acids is 1. The van der Waals surface area contributed by atoms with Gasteiger partial charge in [-0.15, -0.1) is 13.2 Å². The highest BCUT2D eigenvalue weighted by Crippen LogP contribution is 2.31. The molecule has 120 valence electrons. The van der Waals surface area contributed by atoms with Crippen molar-refractivity contribution in [2.24, 2.45) is 0 Å². The van der Waals surface area contributed by atoms with E-state index in [2.05, 4.69) is 18.5 Å². The Labute approximate surface area is 128 Å². The van der Waals surface area contributed by atoms with Crippen molar-refractivity contribution in [2.75, 3.05) is 13.2 Å². The zero-order valence-electron chi connectivity index (χ0n) is 13.8. The van der Waals surface area contributed by atoms with Crippen LogP contribution in [0.3, 0.4) is 0 Å². The summed E-state index contributed by atoms with van der Waals surface area (Å²) in [5.74, 6) is 0. The lowest BCUT2D eigenvalue weighted by Gasteiger charge is -2.37. The van der Waals surface area contributed by atoms with E-state index in [0.717, 1.165) is 0 Å². The van der Waals surface area contributed by atoms with Crippen LogP contribution in [0.25, 0.3) is 0 Å². The first-order chi connectivity index (χ1) is 9.62. The van der Waals surface area contributed by atoms with Gasteiger partial charge in [0.2, 0.25) is 0 Å². The maximum atomic E-state index is 12.5. The first-order valence-electron chi connectivity index (χ1n) is 7.25. The molecule has 0 aromatic carbocycles. The highest BCUT2D eigenvalue weighted by molar-refractivity contribution is 5.70. The van der Waals surface area contributed by atoms with E-state index in [0.29, 0.717) is 13.2 Å². The maximum Gasteiger partial charge on any atom is 0.412 e. The fourth-order valence-electron chi connectivity index (χ4n) is 2.36. The van der Waals surface area contributed by atoms with Crippen LogP contribution in [-0.4, -0.2) is 47.6 Å². The first-order valence-corrected chi connectivity index (χ1v) is 7.25. The Bertz CT molecular complexity index is 399. The standard InChI is InChI=1S/C16H28N2O3/c1-8-10-17-12(9-2)13-11-20-16(6,7)18(13)14(19)21-15(3,4)5/h8-9,12-13,17H,1-2,10-11H2,3-7H3/t12-,13+/m1/s1. The SMILES string of the molecule is C=CCN[C@H](C=C)[C@@H]1COC(C)(C)N1C(=O)OC(C)(C)C. The molecular weight excluding hydrogens is 268 g/mol. The van der Waals surface area contributed by atoms with Crippen LogP contribution in [0, 0.1) is 0 Å². The van der Waals surface area contributed by atoms with Gasteiger partial charge in [0.05, 0.1) is 12.6 Å². The van der Waals surface area contributed by atoms with E-state index in [4.69, 9.17) is 9.47 Å². The summed E-state index contributed by atoms with van der Waals surface area (Å²) in [5, 5.41) is 3.28. The van der Waals surface area contributed by atoms with Gasteiger partial charge in [-0.25, -0.2) is 4.79 Å². The molecule has 1 N–H and O–H groups in total. The van der Waals surface area contributed by atoms with Gasteiger partial charge in [0.25, 0.3) is 0 Å². The second kappa shape index (κ2) is 6.62. The van der Waals surface area contributed by atoms with E-state index in [-0.39, 0.29) is 18.2 Å². The molecule has 0 bridgehead atoms. The lowest BCUT2D eigenvalue weighted by molar-refractivity contribution is -0.0630. The summed E-state index contributed by atoms with van der Waals surface area (Å²) >= 11 is 0. The van der Waals surface area contributed by atoms with Crippen LogP contribution in [0.4, 0.5) is 4.79 Å². The van der Waals surface area contributed by atoms with Gasteiger partial charge in [0.15, 0.2) is 0 Å². The van der Waals surface area contributed by atoms with Gasteiger partial charge in [-0.1, -0.05) is 12.2 Å². The van der Waals surface area contributed by atoms with E-state index in [9.17, 15) is 4.79 Å². The second-order valence-corrected chi connectivity index (χ2v) is 6.63. The first kappa shape index (κ1) is 17.7. The topological polar surface area (TPSA) is 50.8 Å². The molecule has 1 amide bonds. The number of hydrogen-bond acceptors (Lipinski definition) is 4. The Balaban J connectivity index is 2.94. The van der Waals surface area contributed by atoms with Gasteiger partial charge in [-0.2, -0.15) is 0 Å². The average molecular weight is 296 g/mol. The monoisotopic (exact) mass is 296 g/mol. The third-order valence-electron chi connectivity index (χ3n) is 3.28. The Hall–Kier alpha value is -1.33. The van der Waals surface area contributed by atoms with Gasteiger partial charge in [0.1, 0.15) is 11.3 Å². The van der Waals surface area contributed by atoms with Gasteiger partial charge in [0, 0.05) is 12.6 Å².